The monoisotopic (exact) mass is 391 g/mol. The maximum atomic E-state index is 12.6. The molecule has 0 bridgehead atoms. The second-order valence-corrected chi connectivity index (χ2v) is 7.42. The average Bonchev–Trinajstić information content (AvgIpc) is 2.77. The Kier molecular flexibility index (Phi) is 6.57. The van der Waals surface area contributed by atoms with Gasteiger partial charge < -0.3 is 5.73 Å². The van der Waals surface area contributed by atoms with E-state index in [0.29, 0.717) is 6.42 Å². The molecule has 150 valence electrons. The van der Waals surface area contributed by atoms with Crippen molar-refractivity contribution >= 4 is 11.8 Å². The summed E-state index contributed by atoms with van der Waals surface area (Å²) in [5.41, 5.74) is 8.11. The zero-order valence-corrected chi connectivity index (χ0v) is 16.3. The van der Waals surface area contributed by atoms with Gasteiger partial charge in [0.25, 0.3) is 5.91 Å². The van der Waals surface area contributed by atoms with Crippen LogP contribution in [0.25, 0.3) is 11.1 Å². The van der Waals surface area contributed by atoms with E-state index >= 15 is 0 Å². The Labute approximate surface area is 170 Å². The van der Waals surface area contributed by atoms with E-state index in [2.05, 4.69) is 11.1 Å². The fourth-order valence-electron chi connectivity index (χ4n) is 3.72. The molecular weight excluding hydrogens is 366 g/mol. The minimum Gasteiger partial charge on any atom is -0.364 e. The van der Waals surface area contributed by atoms with Crippen molar-refractivity contribution in [1.82, 2.24) is 9.99 Å². The van der Waals surface area contributed by atoms with Crippen LogP contribution in [-0.2, 0) is 11.2 Å². The maximum absolute atomic E-state index is 12.6. The van der Waals surface area contributed by atoms with Crippen LogP contribution in [0.4, 0.5) is 0 Å². The van der Waals surface area contributed by atoms with Crippen LogP contribution in [0, 0.1) is 17.2 Å². The smallest absolute Gasteiger partial charge is 0.267 e. The van der Waals surface area contributed by atoms with Gasteiger partial charge in [0.2, 0.25) is 5.91 Å². The summed E-state index contributed by atoms with van der Waals surface area (Å²) in [7, 11) is 0. The zero-order chi connectivity index (χ0) is 20.8. The normalized spacial score (nSPS) is 15.3. The predicted molar refractivity (Wildman–Crippen MR) is 109 cm³/mol. The summed E-state index contributed by atoms with van der Waals surface area (Å²) in [5.74, 6) is 5.24. The number of amides is 2. The fraction of sp³-hybridized carbons (Fsp3) is 0.364. The molecule has 1 saturated carbocycles. The quantitative estimate of drug-likeness (QED) is 0.444. The van der Waals surface area contributed by atoms with Crippen LogP contribution >= 0.6 is 0 Å². The summed E-state index contributed by atoms with van der Waals surface area (Å²) in [5, 5.41) is 10.7. The molecule has 3 rings (SSSR count). The first kappa shape index (κ1) is 20.5. The molecule has 7 heteroatoms. The molecule has 2 amide bonds. The molecule has 1 fully saturated rings. The van der Waals surface area contributed by atoms with Crippen molar-refractivity contribution < 1.29 is 9.59 Å². The highest BCUT2D eigenvalue weighted by Crippen LogP contribution is 2.26. The standard InChI is InChI=1S/C22H25N5O2/c23-14-19(27(25)22(29)17-4-2-1-3-5-17)12-15-6-8-16(9-7-15)18-10-11-26-20(13-18)21(24)28/h6-11,13,17,19H,1-5,12,25H2,(H2,24,28)/t19-/m0/s1. The lowest BCUT2D eigenvalue weighted by Crippen LogP contribution is -2.49. The topological polar surface area (TPSA) is 126 Å². The summed E-state index contributed by atoms with van der Waals surface area (Å²) in [6.07, 6.45) is 6.82. The number of nitrogens with zero attached hydrogens (tertiary/aromatic N) is 3. The number of pyridine rings is 1. The second-order valence-electron chi connectivity index (χ2n) is 7.42. The fourth-order valence-corrected chi connectivity index (χ4v) is 3.72. The number of aromatic nitrogens is 1. The number of hydrazine groups is 1. The van der Waals surface area contributed by atoms with Gasteiger partial charge in [-0.15, -0.1) is 0 Å². The highest BCUT2D eigenvalue weighted by Gasteiger charge is 2.29. The molecule has 0 aliphatic heterocycles. The molecule has 1 heterocycles. The van der Waals surface area contributed by atoms with Crippen molar-refractivity contribution in [2.75, 3.05) is 0 Å². The summed E-state index contributed by atoms with van der Waals surface area (Å²) in [4.78, 5) is 27.9. The van der Waals surface area contributed by atoms with Crippen LogP contribution in [0.2, 0.25) is 0 Å². The third kappa shape index (κ3) is 4.98. The average molecular weight is 391 g/mol. The molecule has 4 N–H and O–H groups in total. The van der Waals surface area contributed by atoms with Crippen molar-refractivity contribution in [3.63, 3.8) is 0 Å². The third-order valence-electron chi connectivity index (χ3n) is 5.42. The number of hydrogen-bond donors (Lipinski definition) is 2. The second kappa shape index (κ2) is 9.30. The highest BCUT2D eigenvalue weighted by atomic mass is 16.2. The number of primary amides is 1. The molecule has 1 aliphatic rings. The van der Waals surface area contributed by atoms with E-state index in [1.807, 2.05) is 24.3 Å². The van der Waals surface area contributed by atoms with Crippen molar-refractivity contribution in [3.05, 3.63) is 53.9 Å². The molecule has 1 atom stereocenters. The lowest BCUT2D eigenvalue weighted by Gasteiger charge is -2.28. The number of rotatable bonds is 6. The van der Waals surface area contributed by atoms with E-state index in [-0.39, 0.29) is 17.5 Å². The van der Waals surface area contributed by atoms with Gasteiger partial charge >= 0.3 is 0 Å². The Morgan fingerprint density at radius 3 is 2.45 bits per heavy atom. The molecule has 2 aromatic rings. The van der Waals surface area contributed by atoms with Crippen LogP contribution < -0.4 is 11.6 Å². The first-order chi connectivity index (χ1) is 14.0. The summed E-state index contributed by atoms with van der Waals surface area (Å²) >= 11 is 0. The van der Waals surface area contributed by atoms with Crippen LogP contribution in [-0.4, -0.2) is 27.8 Å². The van der Waals surface area contributed by atoms with Gasteiger partial charge in [0.05, 0.1) is 6.07 Å². The van der Waals surface area contributed by atoms with Gasteiger partial charge in [-0.25, -0.2) is 5.84 Å². The molecular formula is C22H25N5O2. The summed E-state index contributed by atoms with van der Waals surface area (Å²) < 4.78 is 0. The minimum absolute atomic E-state index is 0.0712. The van der Waals surface area contributed by atoms with Crippen LogP contribution in [0.1, 0.15) is 48.2 Å². The van der Waals surface area contributed by atoms with Crippen molar-refractivity contribution in [2.24, 2.45) is 17.5 Å². The number of benzene rings is 1. The van der Waals surface area contributed by atoms with Gasteiger partial charge in [-0.2, -0.15) is 5.26 Å². The first-order valence-corrected chi connectivity index (χ1v) is 9.82. The predicted octanol–water partition coefficient (Wildman–Crippen LogP) is 2.56. The number of hydrogen-bond acceptors (Lipinski definition) is 5. The third-order valence-corrected chi connectivity index (χ3v) is 5.42. The van der Waals surface area contributed by atoms with Gasteiger partial charge in [0.1, 0.15) is 11.7 Å². The Bertz CT molecular complexity index is 914. The summed E-state index contributed by atoms with van der Waals surface area (Å²) in [6.45, 7) is 0. The molecule has 1 aromatic carbocycles. The number of nitriles is 1. The Morgan fingerprint density at radius 2 is 1.83 bits per heavy atom. The van der Waals surface area contributed by atoms with Crippen molar-refractivity contribution in [2.45, 2.75) is 44.6 Å². The number of carbonyl (C=O) groups excluding carboxylic acids is 2. The van der Waals surface area contributed by atoms with Gasteiger partial charge in [-0.1, -0.05) is 43.5 Å². The molecule has 0 saturated heterocycles. The molecule has 0 radical (unpaired) electrons. The molecule has 29 heavy (non-hydrogen) atoms. The van der Waals surface area contributed by atoms with Crippen molar-refractivity contribution in [1.29, 1.82) is 5.26 Å². The lowest BCUT2D eigenvalue weighted by atomic mass is 9.88. The lowest BCUT2D eigenvalue weighted by molar-refractivity contribution is -0.138. The van der Waals surface area contributed by atoms with Gasteiger partial charge in [0, 0.05) is 18.5 Å². The molecule has 7 nitrogen and oxygen atoms in total. The van der Waals surface area contributed by atoms with Gasteiger partial charge in [0.15, 0.2) is 0 Å². The number of nitrogens with two attached hydrogens (primary N) is 2. The van der Waals surface area contributed by atoms with E-state index in [1.165, 1.54) is 6.20 Å². The van der Waals surface area contributed by atoms with Crippen molar-refractivity contribution in [3.8, 4) is 17.2 Å². The van der Waals surface area contributed by atoms with Gasteiger partial charge in [-0.05, 0) is 41.7 Å². The van der Waals surface area contributed by atoms with E-state index in [1.54, 1.807) is 12.1 Å². The zero-order valence-electron chi connectivity index (χ0n) is 16.3. The van der Waals surface area contributed by atoms with Crippen LogP contribution in [0.5, 0.6) is 0 Å². The van der Waals surface area contributed by atoms with E-state index < -0.39 is 11.9 Å². The molecule has 0 spiro atoms. The SMILES string of the molecule is N#C[C@H](Cc1ccc(-c2ccnc(C(N)=O)c2)cc1)N(N)C(=O)C1CCCCC1. The highest BCUT2D eigenvalue weighted by molar-refractivity contribution is 5.92. The van der Waals surface area contributed by atoms with E-state index in [4.69, 9.17) is 11.6 Å². The first-order valence-electron chi connectivity index (χ1n) is 9.82. The molecule has 0 unspecified atom stereocenters. The Morgan fingerprint density at radius 1 is 1.14 bits per heavy atom. The van der Waals surface area contributed by atoms with E-state index in [9.17, 15) is 14.9 Å². The maximum Gasteiger partial charge on any atom is 0.267 e. The number of carbonyl (C=O) groups is 2. The Hall–Kier alpha value is -3.24. The van der Waals surface area contributed by atoms with E-state index in [0.717, 1.165) is 53.8 Å². The summed E-state index contributed by atoms with van der Waals surface area (Å²) in [6, 6.07) is 12.5. The van der Waals surface area contributed by atoms with Gasteiger partial charge in [-0.3, -0.25) is 19.6 Å². The largest absolute Gasteiger partial charge is 0.364 e. The van der Waals surface area contributed by atoms with Crippen LogP contribution in [0.3, 0.4) is 0 Å². The molecule has 1 aromatic heterocycles. The van der Waals surface area contributed by atoms with Crippen LogP contribution in [0.15, 0.2) is 42.6 Å². The minimum atomic E-state index is -0.710. The Balaban J connectivity index is 1.69. The molecule has 1 aliphatic carbocycles.